The number of carboxylic acids is 2. The average Bonchev–Trinajstić information content (AvgIpc) is 3.08. The third-order valence-electron chi connectivity index (χ3n) is 6.85. The van der Waals surface area contributed by atoms with Gasteiger partial charge in [0.2, 0.25) is 0 Å². The van der Waals surface area contributed by atoms with Gasteiger partial charge in [0.1, 0.15) is 12.1 Å². The lowest BCUT2D eigenvalue weighted by Crippen LogP contribution is -2.64. The Hall–Kier alpha value is -4.98. The Kier molecular flexibility index (Phi) is 8.44. The number of imide groups is 1. The van der Waals surface area contributed by atoms with Gasteiger partial charge in [0, 0.05) is 12.7 Å². The van der Waals surface area contributed by atoms with E-state index >= 15 is 0 Å². The number of aliphatic carboxylic acids is 2. The summed E-state index contributed by atoms with van der Waals surface area (Å²) >= 11 is 0. The number of hydrogen-bond donors (Lipinski definition) is 4. The standard InChI is InChI=1S/C26H28N6O8/c1-25(17-10-8-16(9-11-17)13-29-28)22(38)32(24(40)30(25)2)14-19(33)26(27,12-20(34)35)23(39)31(15-21(36)37)18-6-4-3-5-7-18/h3-11,28H,12-15,27H2,1-2H3,(H,34,35)(H,36,37)/t25-,26-/m1/s1. The Balaban J connectivity index is 1.97. The highest BCUT2D eigenvalue weighted by Gasteiger charge is 2.56. The number of carbonyl (C=O) groups is 6. The van der Waals surface area contributed by atoms with Crippen LogP contribution in [0.5, 0.6) is 0 Å². The molecule has 2 aromatic carbocycles. The van der Waals surface area contributed by atoms with E-state index in [1.807, 2.05) is 0 Å². The molecule has 0 unspecified atom stereocenters. The first-order chi connectivity index (χ1) is 18.8. The van der Waals surface area contributed by atoms with Gasteiger partial charge in [0.05, 0.1) is 19.5 Å². The van der Waals surface area contributed by atoms with Crippen LogP contribution in [0.25, 0.3) is 0 Å². The number of para-hydroxylation sites is 1. The van der Waals surface area contributed by atoms with E-state index in [4.69, 9.17) is 11.3 Å². The molecule has 3 rings (SSSR count). The summed E-state index contributed by atoms with van der Waals surface area (Å²) in [6.07, 6.45) is -1.22. The van der Waals surface area contributed by atoms with E-state index in [0.717, 1.165) is 4.90 Å². The fourth-order valence-electron chi connectivity index (χ4n) is 4.43. The zero-order chi connectivity index (χ0) is 29.8. The number of likely N-dealkylation sites (N-methyl/N-ethyl adjacent to an activating group) is 1. The van der Waals surface area contributed by atoms with E-state index in [2.05, 4.69) is 5.11 Å². The van der Waals surface area contributed by atoms with Crippen molar-refractivity contribution >= 4 is 41.3 Å². The largest absolute Gasteiger partial charge is 0.481 e. The summed E-state index contributed by atoms with van der Waals surface area (Å²) < 4.78 is 0. The van der Waals surface area contributed by atoms with Crippen LogP contribution in [0.4, 0.5) is 10.5 Å². The molecule has 1 aliphatic rings. The first-order valence-electron chi connectivity index (χ1n) is 11.9. The molecule has 14 nitrogen and oxygen atoms in total. The number of ketones is 1. The number of hydrogen-bond acceptors (Lipinski definition) is 9. The van der Waals surface area contributed by atoms with Gasteiger partial charge in [-0.25, -0.2) is 10.3 Å². The number of anilines is 1. The summed E-state index contributed by atoms with van der Waals surface area (Å²) in [7, 11) is 1.35. The molecule has 1 heterocycles. The predicted octanol–water partition coefficient (Wildman–Crippen LogP) is 1.19. The van der Waals surface area contributed by atoms with Crippen LogP contribution in [0.2, 0.25) is 0 Å². The number of benzene rings is 2. The highest BCUT2D eigenvalue weighted by Crippen LogP contribution is 2.36. The molecule has 0 radical (unpaired) electrons. The Morgan fingerprint density at radius 3 is 2.15 bits per heavy atom. The zero-order valence-corrected chi connectivity index (χ0v) is 21.7. The minimum Gasteiger partial charge on any atom is -0.481 e. The Morgan fingerprint density at radius 1 is 1.02 bits per heavy atom. The fraction of sp³-hybridized carbons (Fsp3) is 0.308. The van der Waals surface area contributed by atoms with Crippen molar-refractivity contribution in [3.05, 3.63) is 65.7 Å². The second-order valence-electron chi connectivity index (χ2n) is 9.40. The van der Waals surface area contributed by atoms with Gasteiger partial charge < -0.3 is 20.8 Å². The monoisotopic (exact) mass is 552 g/mol. The van der Waals surface area contributed by atoms with E-state index in [0.29, 0.717) is 20.9 Å². The third kappa shape index (κ3) is 5.42. The van der Waals surface area contributed by atoms with Crippen LogP contribution in [0.1, 0.15) is 24.5 Å². The minimum atomic E-state index is -2.81. The summed E-state index contributed by atoms with van der Waals surface area (Å²) in [4.78, 5) is 79.3. The fourth-order valence-corrected chi connectivity index (χ4v) is 4.43. The molecule has 2 atom stereocenters. The second-order valence-corrected chi connectivity index (χ2v) is 9.40. The van der Waals surface area contributed by atoms with Crippen molar-refractivity contribution in [1.29, 1.82) is 5.53 Å². The van der Waals surface area contributed by atoms with Crippen molar-refractivity contribution in [1.82, 2.24) is 9.80 Å². The van der Waals surface area contributed by atoms with Crippen molar-refractivity contribution < 1.29 is 39.0 Å². The van der Waals surface area contributed by atoms with Gasteiger partial charge in [-0.2, -0.15) is 5.11 Å². The van der Waals surface area contributed by atoms with Crippen LogP contribution in [0.3, 0.4) is 0 Å². The summed E-state index contributed by atoms with van der Waals surface area (Å²) in [6.45, 7) is -0.374. The predicted molar refractivity (Wildman–Crippen MR) is 138 cm³/mol. The van der Waals surface area contributed by atoms with Crippen LogP contribution in [0.15, 0.2) is 59.7 Å². The maximum Gasteiger partial charge on any atom is 0.328 e. The van der Waals surface area contributed by atoms with E-state index in [1.165, 1.54) is 38.2 Å². The molecule has 0 aromatic heterocycles. The SMILES string of the molecule is CN1C(=O)N(CC(=O)[C@](N)(CC(=O)O)C(=O)N(CC(=O)O)c2ccccc2)C(=O)[C@@]1(C)c1ccc(CN=N)cc1. The van der Waals surface area contributed by atoms with Gasteiger partial charge in [-0.1, -0.05) is 42.5 Å². The van der Waals surface area contributed by atoms with Crippen molar-refractivity contribution in [2.75, 3.05) is 25.0 Å². The molecule has 0 bridgehead atoms. The topological polar surface area (TPSA) is 215 Å². The molecule has 210 valence electrons. The average molecular weight is 553 g/mol. The van der Waals surface area contributed by atoms with Gasteiger partial charge in [-0.3, -0.25) is 33.8 Å². The number of nitrogens with one attached hydrogen (secondary N) is 1. The summed E-state index contributed by atoms with van der Waals surface area (Å²) in [6, 6.07) is 12.9. The number of carboxylic acid groups (broad SMARTS) is 2. The third-order valence-corrected chi connectivity index (χ3v) is 6.85. The number of nitrogens with two attached hydrogens (primary N) is 1. The minimum absolute atomic E-state index is 0.0465. The van der Waals surface area contributed by atoms with Crippen LogP contribution < -0.4 is 10.6 Å². The van der Waals surface area contributed by atoms with Crippen molar-refractivity contribution in [2.45, 2.75) is 31.0 Å². The molecule has 1 saturated heterocycles. The summed E-state index contributed by atoms with van der Waals surface area (Å²) in [5.41, 5.74) is 9.89. The van der Waals surface area contributed by atoms with Crippen LogP contribution in [0, 0.1) is 5.53 Å². The van der Waals surface area contributed by atoms with Gasteiger partial charge in [0.25, 0.3) is 11.8 Å². The molecule has 1 fully saturated rings. The van der Waals surface area contributed by atoms with E-state index in [1.54, 1.807) is 30.3 Å². The Morgan fingerprint density at radius 2 is 1.62 bits per heavy atom. The molecule has 5 N–H and O–H groups in total. The molecular weight excluding hydrogens is 524 g/mol. The van der Waals surface area contributed by atoms with Gasteiger partial charge in [0.15, 0.2) is 11.3 Å². The maximum absolute atomic E-state index is 13.5. The zero-order valence-electron chi connectivity index (χ0n) is 21.7. The lowest BCUT2D eigenvalue weighted by Gasteiger charge is -2.32. The van der Waals surface area contributed by atoms with Crippen molar-refractivity contribution in [3.8, 4) is 0 Å². The molecule has 2 aromatic rings. The smallest absolute Gasteiger partial charge is 0.328 e. The molecule has 0 spiro atoms. The highest BCUT2D eigenvalue weighted by molar-refractivity contribution is 6.21. The molecule has 1 aliphatic heterocycles. The van der Waals surface area contributed by atoms with Crippen LogP contribution >= 0.6 is 0 Å². The lowest BCUT2D eigenvalue weighted by molar-refractivity contribution is -0.147. The van der Waals surface area contributed by atoms with Crippen molar-refractivity contribution in [2.24, 2.45) is 10.8 Å². The quantitative estimate of drug-likeness (QED) is 0.169. The molecule has 4 amide bonds. The number of amides is 4. The molecule has 14 heteroatoms. The van der Waals surface area contributed by atoms with Gasteiger partial charge >= 0.3 is 18.0 Å². The second kappa shape index (κ2) is 11.4. The lowest BCUT2D eigenvalue weighted by atomic mass is 9.87. The first kappa shape index (κ1) is 29.6. The van der Waals surface area contributed by atoms with Crippen molar-refractivity contribution in [3.63, 3.8) is 0 Å². The van der Waals surface area contributed by atoms with E-state index in [9.17, 15) is 39.0 Å². The van der Waals surface area contributed by atoms with Crippen LogP contribution in [-0.2, 0) is 36.1 Å². The number of urea groups is 1. The van der Waals surface area contributed by atoms with E-state index in [-0.39, 0.29) is 12.2 Å². The number of Topliss-reactive ketones (excluding diaryl/α,β-unsaturated/α-hetero) is 1. The molecular formula is C26H28N6O8. The maximum atomic E-state index is 13.5. The van der Waals surface area contributed by atoms with Gasteiger partial charge in [-0.15, -0.1) is 0 Å². The normalized spacial score (nSPS) is 18.3. The van der Waals surface area contributed by atoms with Crippen LogP contribution in [-0.4, -0.2) is 81.3 Å². The molecule has 0 saturated carbocycles. The summed E-state index contributed by atoms with van der Waals surface area (Å²) in [5.74, 6) is -6.49. The molecule has 0 aliphatic carbocycles. The summed E-state index contributed by atoms with van der Waals surface area (Å²) in [5, 5.41) is 22.2. The molecule has 40 heavy (non-hydrogen) atoms. The number of rotatable bonds is 12. The highest BCUT2D eigenvalue weighted by atomic mass is 16.4. The number of carbonyl (C=O) groups excluding carboxylic acids is 4. The van der Waals surface area contributed by atoms with E-state index < -0.39 is 66.2 Å². The first-order valence-corrected chi connectivity index (χ1v) is 11.9. The Bertz CT molecular complexity index is 1370. The Labute approximate surface area is 228 Å². The number of nitrogens with zero attached hydrogens (tertiary/aromatic N) is 4. The van der Waals surface area contributed by atoms with Gasteiger partial charge in [-0.05, 0) is 30.2 Å².